The van der Waals surface area contributed by atoms with Crippen molar-refractivity contribution in [3.05, 3.63) is 102 Å². The molecule has 0 bridgehead atoms. The number of halogens is 2. The molecule has 1 heterocycles. The van der Waals surface area contributed by atoms with E-state index < -0.39 is 11.8 Å². The molecule has 0 aliphatic rings. The first-order valence-corrected chi connectivity index (χ1v) is 12.7. The number of hydrogen-bond acceptors (Lipinski definition) is 2. The number of aromatic amines is 1. The summed E-state index contributed by atoms with van der Waals surface area (Å²) in [5.74, 6) is -1.06. The first kappa shape index (κ1) is 26.9. The first-order valence-electron chi connectivity index (χ1n) is 12.7. The van der Waals surface area contributed by atoms with Crippen LogP contribution in [0, 0.1) is 17.6 Å². The van der Waals surface area contributed by atoms with Crippen molar-refractivity contribution in [3.63, 3.8) is 0 Å². The number of aromatic nitrogens is 1. The number of para-hydroxylation sites is 2. The predicted octanol–water partition coefficient (Wildman–Crippen LogP) is 6.21. The molecule has 0 atom stereocenters. The van der Waals surface area contributed by atoms with E-state index in [0.717, 1.165) is 22.0 Å². The molecule has 3 amide bonds. The lowest BCUT2D eigenvalue weighted by Crippen LogP contribution is -2.46. The monoisotopic (exact) mass is 518 g/mol. The molecule has 8 heteroatoms. The van der Waals surface area contributed by atoms with Gasteiger partial charge in [-0.1, -0.05) is 56.3 Å². The Balaban J connectivity index is 1.52. The molecule has 4 rings (SSSR count). The van der Waals surface area contributed by atoms with Crippen LogP contribution >= 0.6 is 0 Å². The van der Waals surface area contributed by atoms with Crippen LogP contribution in [-0.4, -0.2) is 46.4 Å². The van der Waals surface area contributed by atoms with Crippen LogP contribution < -0.4 is 5.32 Å². The summed E-state index contributed by atoms with van der Waals surface area (Å²) in [6.07, 6.45) is 2.54. The van der Waals surface area contributed by atoms with Gasteiger partial charge in [0, 0.05) is 36.7 Å². The largest absolute Gasteiger partial charge is 0.361 e. The standard InChI is InChI=1S/C30H32F2N4O2/c1-21(2)18-36(30(38)34-28-10-6-4-8-26(28)32)20-29(37)35(19-22-11-13-24(31)14-12-22)16-15-23-17-33-27-9-5-3-7-25(23)27/h3-14,17,21,33H,15-16,18-20H2,1-2H3,(H,34,38). The normalized spacial score (nSPS) is 11.1. The fourth-order valence-electron chi connectivity index (χ4n) is 4.38. The minimum atomic E-state index is -0.548. The molecule has 0 aliphatic heterocycles. The predicted molar refractivity (Wildman–Crippen MR) is 146 cm³/mol. The van der Waals surface area contributed by atoms with E-state index in [4.69, 9.17) is 0 Å². The van der Waals surface area contributed by atoms with E-state index in [2.05, 4.69) is 10.3 Å². The number of rotatable bonds is 10. The molecule has 0 radical (unpaired) electrons. The zero-order valence-electron chi connectivity index (χ0n) is 21.6. The minimum absolute atomic E-state index is 0.0567. The van der Waals surface area contributed by atoms with E-state index >= 15 is 0 Å². The van der Waals surface area contributed by atoms with Crippen molar-refractivity contribution in [2.45, 2.75) is 26.8 Å². The first-order chi connectivity index (χ1) is 18.3. The topological polar surface area (TPSA) is 68.4 Å². The van der Waals surface area contributed by atoms with Crippen LogP contribution in [0.15, 0.2) is 79.0 Å². The molecule has 38 heavy (non-hydrogen) atoms. The summed E-state index contributed by atoms with van der Waals surface area (Å²) >= 11 is 0. The molecule has 4 aromatic rings. The Labute approximate surface area is 221 Å². The molecule has 3 aromatic carbocycles. The zero-order chi connectivity index (χ0) is 27.1. The molecule has 0 saturated carbocycles. The van der Waals surface area contributed by atoms with Gasteiger partial charge in [-0.05, 0) is 53.8 Å². The van der Waals surface area contributed by atoms with E-state index in [1.54, 1.807) is 29.2 Å². The van der Waals surface area contributed by atoms with Crippen LogP contribution in [0.5, 0.6) is 0 Å². The number of nitrogens with zero attached hydrogens (tertiary/aromatic N) is 2. The third-order valence-electron chi connectivity index (χ3n) is 6.28. The summed E-state index contributed by atoms with van der Waals surface area (Å²) in [7, 11) is 0. The van der Waals surface area contributed by atoms with Crippen molar-refractivity contribution in [2.75, 3.05) is 25.0 Å². The lowest BCUT2D eigenvalue weighted by atomic mass is 10.1. The number of amides is 3. The fourth-order valence-corrected chi connectivity index (χ4v) is 4.38. The maximum absolute atomic E-state index is 14.1. The van der Waals surface area contributed by atoms with Crippen molar-refractivity contribution in [1.82, 2.24) is 14.8 Å². The maximum Gasteiger partial charge on any atom is 0.322 e. The average molecular weight is 519 g/mol. The second-order valence-electron chi connectivity index (χ2n) is 9.74. The number of hydrogen-bond donors (Lipinski definition) is 2. The van der Waals surface area contributed by atoms with E-state index in [1.807, 2.05) is 44.3 Å². The summed E-state index contributed by atoms with van der Waals surface area (Å²) < 4.78 is 27.6. The molecule has 0 spiro atoms. The van der Waals surface area contributed by atoms with Crippen molar-refractivity contribution in [2.24, 2.45) is 5.92 Å². The third-order valence-corrected chi connectivity index (χ3v) is 6.28. The molecular formula is C30H32F2N4O2. The number of H-pyrrole nitrogens is 1. The highest BCUT2D eigenvalue weighted by Crippen LogP contribution is 2.19. The van der Waals surface area contributed by atoms with Crippen LogP contribution in [0.2, 0.25) is 0 Å². The molecule has 0 unspecified atom stereocenters. The number of nitrogens with one attached hydrogen (secondary N) is 2. The van der Waals surface area contributed by atoms with Crippen molar-refractivity contribution >= 4 is 28.5 Å². The smallest absolute Gasteiger partial charge is 0.322 e. The second kappa shape index (κ2) is 12.4. The van der Waals surface area contributed by atoms with Crippen molar-refractivity contribution in [3.8, 4) is 0 Å². The molecule has 1 aromatic heterocycles. The lowest BCUT2D eigenvalue weighted by Gasteiger charge is -2.29. The third kappa shape index (κ3) is 6.97. The van der Waals surface area contributed by atoms with Gasteiger partial charge in [-0.15, -0.1) is 0 Å². The molecule has 0 aliphatic carbocycles. The SMILES string of the molecule is CC(C)CN(CC(=O)N(CCc1c[nH]c2ccccc12)Cc1ccc(F)cc1)C(=O)Nc1ccccc1F. The average Bonchev–Trinajstić information content (AvgIpc) is 3.31. The van der Waals surface area contributed by atoms with E-state index in [-0.39, 0.29) is 36.4 Å². The van der Waals surface area contributed by atoms with Crippen molar-refractivity contribution < 1.29 is 18.4 Å². The van der Waals surface area contributed by atoms with Crippen LogP contribution in [0.3, 0.4) is 0 Å². The summed E-state index contributed by atoms with van der Waals surface area (Å²) in [4.78, 5) is 33.0. The van der Waals surface area contributed by atoms with Crippen LogP contribution in [0.1, 0.15) is 25.0 Å². The Kier molecular flexibility index (Phi) is 8.73. The van der Waals surface area contributed by atoms with Gasteiger partial charge >= 0.3 is 6.03 Å². The second-order valence-corrected chi connectivity index (χ2v) is 9.74. The van der Waals surface area contributed by atoms with Gasteiger partial charge in [-0.2, -0.15) is 0 Å². The molecule has 198 valence electrons. The molecule has 0 saturated heterocycles. The van der Waals surface area contributed by atoms with Gasteiger partial charge in [0.1, 0.15) is 18.2 Å². The number of benzene rings is 3. The number of anilines is 1. The Bertz CT molecular complexity index is 1380. The fraction of sp³-hybridized carbons (Fsp3) is 0.267. The zero-order valence-corrected chi connectivity index (χ0v) is 21.6. The van der Waals surface area contributed by atoms with E-state index in [9.17, 15) is 18.4 Å². The Hall–Kier alpha value is -4.20. The van der Waals surface area contributed by atoms with Gasteiger partial charge < -0.3 is 20.1 Å². The summed E-state index contributed by atoms with van der Waals surface area (Å²) in [5, 5.41) is 3.68. The molecule has 0 fully saturated rings. The van der Waals surface area contributed by atoms with Gasteiger partial charge in [-0.25, -0.2) is 13.6 Å². The Morgan fingerprint density at radius 1 is 0.921 bits per heavy atom. The number of fused-ring (bicyclic) bond motifs is 1. The van der Waals surface area contributed by atoms with Gasteiger partial charge in [0.05, 0.1) is 5.69 Å². The highest BCUT2D eigenvalue weighted by Gasteiger charge is 2.23. The summed E-state index contributed by atoms with van der Waals surface area (Å²) in [6, 6.07) is 19.4. The number of urea groups is 1. The number of carbonyl (C=O) groups is 2. The van der Waals surface area contributed by atoms with E-state index in [1.165, 1.54) is 29.2 Å². The maximum atomic E-state index is 14.1. The van der Waals surface area contributed by atoms with Gasteiger partial charge in [0.15, 0.2) is 0 Å². The molecule has 2 N–H and O–H groups in total. The summed E-state index contributed by atoms with van der Waals surface area (Å²) in [5.41, 5.74) is 2.94. The van der Waals surface area contributed by atoms with Gasteiger partial charge in [-0.3, -0.25) is 4.79 Å². The lowest BCUT2D eigenvalue weighted by molar-refractivity contribution is -0.132. The van der Waals surface area contributed by atoms with Crippen LogP contribution in [-0.2, 0) is 17.8 Å². The highest BCUT2D eigenvalue weighted by atomic mass is 19.1. The van der Waals surface area contributed by atoms with Gasteiger partial charge in [0.25, 0.3) is 0 Å². The highest BCUT2D eigenvalue weighted by molar-refractivity contribution is 5.92. The van der Waals surface area contributed by atoms with Crippen LogP contribution in [0.4, 0.5) is 19.3 Å². The van der Waals surface area contributed by atoms with Crippen LogP contribution in [0.25, 0.3) is 10.9 Å². The molecule has 6 nitrogen and oxygen atoms in total. The Morgan fingerprint density at radius 3 is 2.37 bits per heavy atom. The van der Waals surface area contributed by atoms with Crippen molar-refractivity contribution in [1.29, 1.82) is 0 Å². The summed E-state index contributed by atoms with van der Waals surface area (Å²) in [6.45, 7) is 4.71. The number of carbonyl (C=O) groups excluding carboxylic acids is 2. The quantitative estimate of drug-likeness (QED) is 0.262. The van der Waals surface area contributed by atoms with E-state index in [0.29, 0.717) is 19.5 Å². The minimum Gasteiger partial charge on any atom is -0.361 e. The molecular weight excluding hydrogens is 486 g/mol. The Morgan fingerprint density at radius 2 is 1.63 bits per heavy atom. The van der Waals surface area contributed by atoms with Gasteiger partial charge in [0.2, 0.25) is 5.91 Å².